The number of nitrogens with two attached hydrogens (primary N) is 1. The summed E-state index contributed by atoms with van der Waals surface area (Å²) in [5.74, 6) is 0.783. The van der Waals surface area contributed by atoms with Crippen LogP contribution in [0.25, 0.3) is 22.6 Å². The van der Waals surface area contributed by atoms with Gasteiger partial charge in [-0.2, -0.15) is 0 Å². The summed E-state index contributed by atoms with van der Waals surface area (Å²) < 4.78 is 0.886. The summed E-state index contributed by atoms with van der Waals surface area (Å²) in [6, 6.07) is 7.73. The van der Waals surface area contributed by atoms with Crippen LogP contribution in [0.15, 0.2) is 34.9 Å². The number of nitrogen functional groups attached to an aromatic ring is 1. The first-order chi connectivity index (χ1) is 8.65. The van der Waals surface area contributed by atoms with Gasteiger partial charge in [-0.25, -0.2) is 9.97 Å². The number of aryl methyl sites for hydroxylation is 1. The van der Waals surface area contributed by atoms with Crippen molar-refractivity contribution in [2.75, 3.05) is 5.73 Å². The van der Waals surface area contributed by atoms with Gasteiger partial charge in [0.15, 0.2) is 5.65 Å². The van der Waals surface area contributed by atoms with Crippen LogP contribution in [0.4, 0.5) is 5.69 Å². The SMILES string of the molecule is Cc1ccnc2nc(-c3ccc(Br)c(N)c3)[nH]c12. The molecule has 2 heterocycles. The van der Waals surface area contributed by atoms with Gasteiger partial charge in [-0.05, 0) is 52.7 Å². The average molecular weight is 303 g/mol. The van der Waals surface area contributed by atoms with Gasteiger partial charge in [0.05, 0.1) is 5.52 Å². The smallest absolute Gasteiger partial charge is 0.178 e. The van der Waals surface area contributed by atoms with E-state index in [2.05, 4.69) is 30.9 Å². The van der Waals surface area contributed by atoms with E-state index in [-0.39, 0.29) is 0 Å². The molecule has 3 N–H and O–H groups in total. The fraction of sp³-hybridized carbons (Fsp3) is 0.0769. The van der Waals surface area contributed by atoms with Crippen LogP contribution in [0.1, 0.15) is 5.56 Å². The molecular formula is C13H11BrN4. The maximum atomic E-state index is 5.88. The highest BCUT2D eigenvalue weighted by molar-refractivity contribution is 9.10. The predicted molar refractivity (Wildman–Crippen MR) is 76.2 cm³/mol. The zero-order chi connectivity index (χ0) is 12.7. The predicted octanol–water partition coefficient (Wildman–Crippen LogP) is 3.28. The van der Waals surface area contributed by atoms with E-state index in [1.807, 2.05) is 31.2 Å². The van der Waals surface area contributed by atoms with Crippen LogP contribution in [0.5, 0.6) is 0 Å². The zero-order valence-corrected chi connectivity index (χ0v) is 11.3. The summed E-state index contributed by atoms with van der Waals surface area (Å²) in [5.41, 5.74) is 10.3. The fourth-order valence-corrected chi connectivity index (χ4v) is 2.11. The fourth-order valence-electron chi connectivity index (χ4n) is 1.86. The monoisotopic (exact) mass is 302 g/mol. The number of anilines is 1. The topological polar surface area (TPSA) is 67.6 Å². The summed E-state index contributed by atoms with van der Waals surface area (Å²) in [5, 5.41) is 0. The molecule has 18 heavy (non-hydrogen) atoms. The Morgan fingerprint density at radius 2 is 2.11 bits per heavy atom. The average Bonchev–Trinajstić information content (AvgIpc) is 2.78. The van der Waals surface area contributed by atoms with Crippen LogP contribution in [0.3, 0.4) is 0 Å². The van der Waals surface area contributed by atoms with Crippen molar-refractivity contribution in [1.29, 1.82) is 0 Å². The number of H-pyrrole nitrogens is 1. The van der Waals surface area contributed by atoms with E-state index in [9.17, 15) is 0 Å². The molecule has 0 unspecified atom stereocenters. The highest BCUT2D eigenvalue weighted by Crippen LogP contribution is 2.27. The molecule has 0 atom stereocenters. The van der Waals surface area contributed by atoms with Gasteiger partial charge in [0, 0.05) is 21.9 Å². The molecule has 2 aromatic heterocycles. The maximum Gasteiger partial charge on any atom is 0.178 e. The minimum Gasteiger partial charge on any atom is -0.398 e. The van der Waals surface area contributed by atoms with E-state index in [1.165, 1.54) is 0 Å². The van der Waals surface area contributed by atoms with Crippen molar-refractivity contribution in [3.05, 3.63) is 40.5 Å². The maximum absolute atomic E-state index is 5.88. The largest absolute Gasteiger partial charge is 0.398 e. The third kappa shape index (κ3) is 1.76. The number of nitrogens with zero attached hydrogens (tertiary/aromatic N) is 2. The number of hydrogen-bond donors (Lipinski definition) is 2. The molecule has 0 fully saturated rings. The second kappa shape index (κ2) is 4.10. The molecule has 0 radical (unpaired) electrons. The van der Waals surface area contributed by atoms with E-state index in [1.54, 1.807) is 6.20 Å². The van der Waals surface area contributed by atoms with Gasteiger partial charge in [-0.3, -0.25) is 0 Å². The molecule has 0 aliphatic carbocycles. The molecule has 4 nitrogen and oxygen atoms in total. The molecule has 0 bridgehead atoms. The van der Waals surface area contributed by atoms with Gasteiger partial charge in [0.1, 0.15) is 5.82 Å². The number of pyridine rings is 1. The Hall–Kier alpha value is -1.88. The Balaban J connectivity index is 2.19. The number of fused-ring (bicyclic) bond motifs is 1. The number of hydrogen-bond acceptors (Lipinski definition) is 3. The first kappa shape index (κ1) is 11.2. The molecular weight excluding hydrogens is 292 g/mol. The molecule has 3 aromatic rings. The quantitative estimate of drug-likeness (QED) is 0.678. The lowest BCUT2D eigenvalue weighted by molar-refractivity contribution is 1.30. The second-order valence-corrected chi connectivity index (χ2v) is 5.00. The molecule has 0 amide bonds. The van der Waals surface area contributed by atoms with Gasteiger partial charge in [0.25, 0.3) is 0 Å². The lowest BCUT2D eigenvalue weighted by Gasteiger charge is -2.00. The normalized spacial score (nSPS) is 11.0. The van der Waals surface area contributed by atoms with Crippen LogP contribution in [-0.4, -0.2) is 15.0 Å². The third-order valence-corrected chi connectivity index (χ3v) is 3.59. The lowest BCUT2D eigenvalue weighted by atomic mass is 10.2. The molecule has 3 rings (SSSR count). The van der Waals surface area contributed by atoms with Gasteiger partial charge in [-0.1, -0.05) is 0 Å². The van der Waals surface area contributed by atoms with E-state index < -0.39 is 0 Å². The third-order valence-electron chi connectivity index (χ3n) is 2.87. The zero-order valence-electron chi connectivity index (χ0n) is 9.74. The first-order valence-corrected chi connectivity index (χ1v) is 6.31. The number of halogens is 1. The molecule has 1 aromatic carbocycles. The number of aromatic amines is 1. The standard InChI is InChI=1S/C13H11BrN4/c1-7-4-5-16-13-11(7)17-12(18-13)8-2-3-9(14)10(15)6-8/h2-6H,15H2,1H3,(H,16,17,18). The first-order valence-electron chi connectivity index (χ1n) is 5.52. The molecule has 5 heteroatoms. The molecule has 0 saturated carbocycles. The van der Waals surface area contributed by atoms with Crippen LogP contribution >= 0.6 is 15.9 Å². The number of imidazole rings is 1. The van der Waals surface area contributed by atoms with Crippen LogP contribution < -0.4 is 5.73 Å². The van der Waals surface area contributed by atoms with Crippen molar-refractivity contribution in [2.24, 2.45) is 0 Å². The van der Waals surface area contributed by atoms with E-state index in [4.69, 9.17) is 5.73 Å². The van der Waals surface area contributed by atoms with Crippen LogP contribution in [-0.2, 0) is 0 Å². The Kier molecular flexibility index (Phi) is 2.56. The van der Waals surface area contributed by atoms with Gasteiger partial charge >= 0.3 is 0 Å². The molecule has 90 valence electrons. The Labute approximate surface area is 112 Å². The van der Waals surface area contributed by atoms with Gasteiger partial charge < -0.3 is 10.7 Å². The number of benzene rings is 1. The summed E-state index contributed by atoms with van der Waals surface area (Å²) in [6.07, 6.45) is 1.76. The van der Waals surface area contributed by atoms with E-state index >= 15 is 0 Å². The highest BCUT2D eigenvalue weighted by Gasteiger charge is 2.08. The van der Waals surface area contributed by atoms with Crippen molar-refractivity contribution in [3.8, 4) is 11.4 Å². The van der Waals surface area contributed by atoms with E-state index in [0.29, 0.717) is 5.69 Å². The summed E-state index contributed by atoms with van der Waals surface area (Å²) in [7, 11) is 0. The van der Waals surface area contributed by atoms with Crippen LogP contribution in [0.2, 0.25) is 0 Å². The highest BCUT2D eigenvalue weighted by atomic mass is 79.9. The minimum absolute atomic E-state index is 0.692. The van der Waals surface area contributed by atoms with Gasteiger partial charge in [-0.15, -0.1) is 0 Å². The molecule has 0 aliphatic rings. The van der Waals surface area contributed by atoms with Crippen molar-refractivity contribution in [3.63, 3.8) is 0 Å². The molecule has 0 aliphatic heterocycles. The Morgan fingerprint density at radius 1 is 1.28 bits per heavy atom. The Bertz CT molecular complexity index is 733. The lowest BCUT2D eigenvalue weighted by Crippen LogP contribution is -1.88. The summed E-state index contributed by atoms with van der Waals surface area (Å²) in [4.78, 5) is 12.0. The van der Waals surface area contributed by atoms with Crippen molar-refractivity contribution in [1.82, 2.24) is 15.0 Å². The van der Waals surface area contributed by atoms with Gasteiger partial charge in [0.2, 0.25) is 0 Å². The van der Waals surface area contributed by atoms with Crippen LogP contribution in [0, 0.1) is 6.92 Å². The molecule has 0 spiro atoms. The van der Waals surface area contributed by atoms with E-state index in [0.717, 1.165) is 32.6 Å². The summed E-state index contributed by atoms with van der Waals surface area (Å²) >= 11 is 3.38. The summed E-state index contributed by atoms with van der Waals surface area (Å²) in [6.45, 7) is 2.03. The van der Waals surface area contributed by atoms with Crippen molar-refractivity contribution < 1.29 is 0 Å². The van der Waals surface area contributed by atoms with Crippen molar-refractivity contribution >= 4 is 32.8 Å². The molecule has 0 saturated heterocycles. The number of rotatable bonds is 1. The number of aromatic nitrogens is 3. The Morgan fingerprint density at radius 3 is 2.83 bits per heavy atom. The second-order valence-electron chi connectivity index (χ2n) is 4.15. The minimum atomic E-state index is 0.692. The number of nitrogens with one attached hydrogen (secondary N) is 1. The van der Waals surface area contributed by atoms with Crippen molar-refractivity contribution in [2.45, 2.75) is 6.92 Å².